The molecule has 0 aromatic heterocycles. The van der Waals surface area contributed by atoms with Crippen molar-refractivity contribution in [2.75, 3.05) is 0 Å². The smallest absolute Gasteiger partial charge is 0.307 e. The first-order chi connectivity index (χ1) is 7.29. The topological polar surface area (TPSA) is 37.3 Å². The van der Waals surface area contributed by atoms with Gasteiger partial charge in [0.15, 0.2) is 0 Å². The highest BCUT2D eigenvalue weighted by atomic mass is 16.4. The lowest BCUT2D eigenvalue weighted by molar-refractivity contribution is -0.146. The van der Waals surface area contributed by atoms with Crippen molar-refractivity contribution in [3.8, 4) is 0 Å². The minimum Gasteiger partial charge on any atom is -0.481 e. The van der Waals surface area contributed by atoms with Crippen LogP contribution in [0.5, 0.6) is 0 Å². The molecule has 2 aliphatic rings. The molecule has 0 aliphatic heterocycles. The maximum atomic E-state index is 11.4. The van der Waals surface area contributed by atoms with Crippen molar-refractivity contribution < 1.29 is 9.90 Å². The van der Waals surface area contributed by atoms with Crippen LogP contribution in [0.4, 0.5) is 0 Å². The van der Waals surface area contributed by atoms with Crippen LogP contribution < -0.4 is 0 Å². The van der Waals surface area contributed by atoms with Crippen molar-refractivity contribution in [2.45, 2.75) is 57.8 Å². The number of hydrogen-bond donors (Lipinski definition) is 1. The van der Waals surface area contributed by atoms with Crippen LogP contribution >= 0.6 is 0 Å². The van der Waals surface area contributed by atoms with E-state index in [9.17, 15) is 9.90 Å². The molecule has 2 saturated carbocycles. The van der Waals surface area contributed by atoms with Crippen molar-refractivity contribution >= 4 is 5.97 Å². The van der Waals surface area contributed by atoms with Gasteiger partial charge in [-0.3, -0.25) is 4.79 Å². The molecular formula is C13H22O2. The Balaban J connectivity index is 2.00. The molecule has 1 N–H and O–H groups in total. The zero-order valence-electron chi connectivity index (χ0n) is 9.45. The van der Waals surface area contributed by atoms with E-state index in [2.05, 4.69) is 0 Å². The predicted octanol–water partition coefficient (Wildman–Crippen LogP) is 3.46. The average molecular weight is 210 g/mol. The quantitative estimate of drug-likeness (QED) is 0.774. The summed E-state index contributed by atoms with van der Waals surface area (Å²) in [4.78, 5) is 11.4. The van der Waals surface area contributed by atoms with Crippen LogP contribution in [-0.4, -0.2) is 11.1 Å². The summed E-state index contributed by atoms with van der Waals surface area (Å²) in [6, 6.07) is 0. The summed E-state index contributed by atoms with van der Waals surface area (Å²) in [7, 11) is 0. The van der Waals surface area contributed by atoms with Gasteiger partial charge in [-0.2, -0.15) is 0 Å². The summed E-state index contributed by atoms with van der Waals surface area (Å²) in [5.41, 5.74) is 0. The first-order valence-corrected chi connectivity index (χ1v) is 6.52. The van der Waals surface area contributed by atoms with Crippen LogP contribution in [0.2, 0.25) is 0 Å². The Morgan fingerprint density at radius 2 is 1.27 bits per heavy atom. The summed E-state index contributed by atoms with van der Waals surface area (Å²) < 4.78 is 0. The molecule has 0 saturated heterocycles. The third-order valence-electron chi connectivity index (χ3n) is 4.35. The molecule has 15 heavy (non-hydrogen) atoms. The Morgan fingerprint density at radius 1 is 0.867 bits per heavy atom. The van der Waals surface area contributed by atoms with Crippen LogP contribution in [0.15, 0.2) is 0 Å². The molecule has 0 spiro atoms. The monoisotopic (exact) mass is 210 g/mol. The molecule has 0 aromatic carbocycles. The largest absolute Gasteiger partial charge is 0.481 e. The number of rotatable bonds is 3. The minimum absolute atomic E-state index is 0.0206. The minimum atomic E-state index is -0.520. The van der Waals surface area contributed by atoms with Gasteiger partial charge in [-0.05, 0) is 37.5 Å². The molecular weight excluding hydrogens is 188 g/mol. The van der Waals surface area contributed by atoms with E-state index in [0.29, 0.717) is 11.8 Å². The molecule has 2 heteroatoms. The van der Waals surface area contributed by atoms with E-state index in [1.165, 1.54) is 32.1 Å². The Kier molecular flexibility index (Phi) is 3.66. The third kappa shape index (κ3) is 2.53. The Hall–Kier alpha value is -0.530. The number of carboxylic acids is 1. The summed E-state index contributed by atoms with van der Waals surface area (Å²) in [5.74, 6) is 0.437. The second-order valence-corrected chi connectivity index (χ2v) is 5.31. The van der Waals surface area contributed by atoms with Crippen molar-refractivity contribution in [1.29, 1.82) is 0 Å². The first-order valence-electron chi connectivity index (χ1n) is 6.52. The van der Waals surface area contributed by atoms with Gasteiger partial charge in [0.2, 0.25) is 0 Å². The number of carboxylic acid groups (broad SMARTS) is 1. The molecule has 2 fully saturated rings. The zero-order chi connectivity index (χ0) is 10.7. The van der Waals surface area contributed by atoms with E-state index < -0.39 is 5.97 Å². The van der Waals surface area contributed by atoms with Gasteiger partial charge in [0.05, 0.1) is 5.92 Å². The molecule has 0 radical (unpaired) electrons. The van der Waals surface area contributed by atoms with Gasteiger partial charge < -0.3 is 5.11 Å². The maximum absolute atomic E-state index is 11.4. The SMILES string of the molecule is O=C(O)C(C1CCCCC1)C1CCCC1. The van der Waals surface area contributed by atoms with Gasteiger partial charge in [-0.1, -0.05) is 32.1 Å². The van der Waals surface area contributed by atoms with E-state index in [4.69, 9.17) is 0 Å². The molecule has 0 amide bonds. The first kappa shape index (κ1) is 11.0. The molecule has 1 unspecified atom stereocenters. The van der Waals surface area contributed by atoms with Gasteiger partial charge in [-0.15, -0.1) is 0 Å². The van der Waals surface area contributed by atoms with Gasteiger partial charge in [-0.25, -0.2) is 0 Å². The third-order valence-corrected chi connectivity index (χ3v) is 4.35. The molecule has 1 atom stereocenters. The molecule has 86 valence electrons. The standard InChI is InChI=1S/C13H22O2/c14-13(15)12(11-8-4-5-9-11)10-6-2-1-3-7-10/h10-12H,1-9H2,(H,14,15). The second kappa shape index (κ2) is 5.00. The Bertz CT molecular complexity index is 213. The average Bonchev–Trinajstić information content (AvgIpc) is 2.72. The van der Waals surface area contributed by atoms with Gasteiger partial charge >= 0.3 is 5.97 Å². The van der Waals surface area contributed by atoms with Crippen LogP contribution in [-0.2, 0) is 4.79 Å². The van der Waals surface area contributed by atoms with Crippen LogP contribution in [0.3, 0.4) is 0 Å². The van der Waals surface area contributed by atoms with Crippen molar-refractivity contribution in [2.24, 2.45) is 17.8 Å². The zero-order valence-corrected chi connectivity index (χ0v) is 9.45. The van der Waals surface area contributed by atoms with Crippen molar-refractivity contribution in [3.05, 3.63) is 0 Å². The molecule has 0 bridgehead atoms. The highest BCUT2D eigenvalue weighted by molar-refractivity contribution is 5.70. The maximum Gasteiger partial charge on any atom is 0.307 e. The number of carbonyl (C=O) groups is 1. The highest BCUT2D eigenvalue weighted by Gasteiger charge is 2.36. The van der Waals surface area contributed by atoms with E-state index in [1.54, 1.807) is 0 Å². The molecule has 0 heterocycles. The summed E-state index contributed by atoms with van der Waals surface area (Å²) in [6.07, 6.45) is 11.0. The number of aliphatic carboxylic acids is 1. The summed E-state index contributed by atoms with van der Waals surface area (Å²) in [5, 5.41) is 9.39. The fraction of sp³-hybridized carbons (Fsp3) is 0.923. The summed E-state index contributed by atoms with van der Waals surface area (Å²) >= 11 is 0. The molecule has 2 nitrogen and oxygen atoms in total. The van der Waals surface area contributed by atoms with E-state index in [-0.39, 0.29) is 5.92 Å². The second-order valence-electron chi connectivity index (χ2n) is 5.31. The Labute approximate surface area is 92.1 Å². The molecule has 2 rings (SSSR count). The predicted molar refractivity (Wildman–Crippen MR) is 59.7 cm³/mol. The van der Waals surface area contributed by atoms with E-state index in [0.717, 1.165) is 25.7 Å². The lowest BCUT2D eigenvalue weighted by atomic mass is 9.73. The van der Waals surface area contributed by atoms with Crippen LogP contribution in [0, 0.1) is 17.8 Å². The van der Waals surface area contributed by atoms with Gasteiger partial charge in [0, 0.05) is 0 Å². The fourth-order valence-corrected chi connectivity index (χ4v) is 3.60. The van der Waals surface area contributed by atoms with E-state index >= 15 is 0 Å². The Morgan fingerprint density at radius 3 is 1.67 bits per heavy atom. The normalized spacial score (nSPS) is 26.7. The molecule has 2 aliphatic carbocycles. The van der Waals surface area contributed by atoms with Gasteiger partial charge in [0.1, 0.15) is 0 Å². The van der Waals surface area contributed by atoms with Crippen molar-refractivity contribution in [1.82, 2.24) is 0 Å². The summed E-state index contributed by atoms with van der Waals surface area (Å²) in [6.45, 7) is 0. The van der Waals surface area contributed by atoms with Gasteiger partial charge in [0.25, 0.3) is 0 Å². The van der Waals surface area contributed by atoms with E-state index in [1.807, 2.05) is 0 Å². The lowest BCUT2D eigenvalue weighted by Gasteiger charge is -2.31. The highest BCUT2D eigenvalue weighted by Crippen LogP contribution is 2.40. The van der Waals surface area contributed by atoms with Crippen molar-refractivity contribution in [3.63, 3.8) is 0 Å². The fourth-order valence-electron chi connectivity index (χ4n) is 3.60. The van der Waals surface area contributed by atoms with Crippen LogP contribution in [0.25, 0.3) is 0 Å². The lowest BCUT2D eigenvalue weighted by Crippen LogP contribution is -2.31. The van der Waals surface area contributed by atoms with Crippen LogP contribution in [0.1, 0.15) is 57.8 Å². The molecule has 0 aromatic rings. The number of hydrogen-bond acceptors (Lipinski definition) is 1.